The fourth-order valence-corrected chi connectivity index (χ4v) is 1.24. The lowest BCUT2D eigenvalue weighted by atomic mass is 10.3. The van der Waals surface area contributed by atoms with E-state index in [1.165, 1.54) is 0 Å². The van der Waals surface area contributed by atoms with Crippen molar-refractivity contribution in [3.05, 3.63) is 35.0 Å². The fourth-order valence-electron chi connectivity index (χ4n) is 1.07. The molecule has 0 unspecified atom stereocenters. The summed E-state index contributed by atoms with van der Waals surface area (Å²) in [6, 6.07) is 6.59. The van der Waals surface area contributed by atoms with Gasteiger partial charge in [-0.3, -0.25) is 0 Å². The predicted molar refractivity (Wildman–Crippen MR) is 57.2 cm³/mol. The van der Waals surface area contributed by atoms with Gasteiger partial charge in [-0.15, -0.1) is 10.2 Å². The third-order valence-electron chi connectivity index (χ3n) is 1.81. The van der Waals surface area contributed by atoms with Gasteiger partial charge >= 0.3 is 5.97 Å². The fraction of sp³-hybridized carbons (Fsp3) is 0. The zero-order valence-corrected chi connectivity index (χ0v) is 8.73. The van der Waals surface area contributed by atoms with Crippen molar-refractivity contribution in [3.63, 3.8) is 0 Å². The number of hydrogen-bond acceptors (Lipinski definition) is 5. The molecule has 0 saturated carbocycles. The van der Waals surface area contributed by atoms with E-state index in [9.17, 15) is 4.79 Å². The van der Waals surface area contributed by atoms with Crippen LogP contribution >= 0.6 is 11.6 Å². The molecule has 0 atom stereocenters. The van der Waals surface area contributed by atoms with Crippen LogP contribution < -0.4 is 10.5 Å². The molecule has 16 heavy (non-hydrogen) atoms. The number of hydrogen-bond donors (Lipinski definition) is 2. The highest BCUT2D eigenvalue weighted by atomic mass is 35.5. The van der Waals surface area contributed by atoms with Crippen LogP contribution in [0.5, 0.6) is 5.75 Å². The SMILES string of the molecule is Nc1n[nH]nc1C(=O)Oc1ccccc1Cl. The molecule has 82 valence electrons. The number of nitrogens with two attached hydrogens (primary N) is 1. The molecule has 1 aromatic heterocycles. The molecular weight excluding hydrogens is 232 g/mol. The first-order valence-electron chi connectivity index (χ1n) is 4.31. The Hall–Kier alpha value is -2.08. The maximum absolute atomic E-state index is 11.6. The number of benzene rings is 1. The van der Waals surface area contributed by atoms with Crippen molar-refractivity contribution in [3.8, 4) is 5.75 Å². The highest BCUT2D eigenvalue weighted by molar-refractivity contribution is 6.32. The normalized spacial score (nSPS) is 10.1. The van der Waals surface area contributed by atoms with E-state index in [2.05, 4.69) is 15.4 Å². The number of nitrogens with zero attached hydrogens (tertiary/aromatic N) is 2. The lowest BCUT2D eigenvalue weighted by Crippen LogP contribution is -2.11. The zero-order chi connectivity index (χ0) is 11.5. The molecule has 0 amide bonds. The summed E-state index contributed by atoms with van der Waals surface area (Å²) in [5.41, 5.74) is 5.32. The molecule has 1 heterocycles. The second-order valence-electron chi connectivity index (χ2n) is 2.88. The van der Waals surface area contributed by atoms with Crippen LogP contribution in [-0.2, 0) is 0 Å². The Kier molecular flexibility index (Phi) is 2.74. The minimum Gasteiger partial charge on any atom is -0.420 e. The number of aromatic nitrogens is 3. The first-order valence-corrected chi connectivity index (χ1v) is 4.69. The number of para-hydroxylation sites is 1. The quantitative estimate of drug-likeness (QED) is 0.607. The van der Waals surface area contributed by atoms with E-state index in [1.54, 1.807) is 24.3 Å². The number of nitrogen functional groups attached to an aromatic ring is 1. The molecule has 0 spiro atoms. The maximum atomic E-state index is 11.6. The first kappa shape index (κ1) is 10.4. The van der Waals surface area contributed by atoms with Gasteiger partial charge in [-0.25, -0.2) is 4.79 Å². The molecule has 0 bridgehead atoms. The molecule has 0 fully saturated rings. The minimum atomic E-state index is -0.709. The monoisotopic (exact) mass is 238 g/mol. The van der Waals surface area contributed by atoms with Gasteiger partial charge in [0, 0.05) is 0 Å². The zero-order valence-electron chi connectivity index (χ0n) is 7.98. The van der Waals surface area contributed by atoms with E-state index in [0.717, 1.165) is 0 Å². The number of halogens is 1. The highest BCUT2D eigenvalue weighted by Crippen LogP contribution is 2.24. The average molecular weight is 239 g/mol. The largest absolute Gasteiger partial charge is 0.420 e. The number of ether oxygens (including phenoxy) is 1. The molecule has 0 aliphatic carbocycles. The summed E-state index contributed by atoms with van der Waals surface area (Å²) in [5, 5.41) is 9.62. The number of anilines is 1. The van der Waals surface area contributed by atoms with Crippen molar-refractivity contribution in [2.75, 3.05) is 5.73 Å². The number of H-pyrrole nitrogens is 1. The smallest absolute Gasteiger partial charge is 0.368 e. The van der Waals surface area contributed by atoms with Crippen LogP contribution in [-0.4, -0.2) is 21.4 Å². The number of carbonyl (C=O) groups is 1. The van der Waals surface area contributed by atoms with Gasteiger partial charge in [-0.2, -0.15) is 5.21 Å². The van der Waals surface area contributed by atoms with Gasteiger partial charge in [-0.05, 0) is 12.1 Å². The van der Waals surface area contributed by atoms with Crippen LogP contribution in [0.3, 0.4) is 0 Å². The number of rotatable bonds is 2. The second kappa shape index (κ2) is 4.19. The van der Waals surface area contributed by atoms with Crippen molar-refractivity contribution in [1.29, 1.82) is 0 Å². The average Bonchev–Trinajstić information content (AvgIpc) is 2.68. The van der Waals surface area contributed by atoms with E-state index < -0.39 is 5.97 Å². The molecule has 3 N–H and O–H groups in total. The molecule has 2 aromatic rings. The second-order valence-corrected chi connectivity index (χ2v) is 3.28. The summed E-state index contributed by atoms with van der Waals surface area (Å²) >= 11 is 5.82. The highest BCUT2D eigenvalue weighted by Gasteiger charge is 2.17. The molecule has 0 aliphatic rings. The Bertz CT molecular complexity index is 526. The van der Waals surface area contributed by atoms with Gasteiger partial charge in [0.1, 0.15) is 5.75 Å². The third-order valence-corrected chi connectivity index (χ3v) is 2.12. The van der Waals surface area contributed by atoms with E-state index in [-0.39, 0.29) is 17.3 Å². The standard InChI is InChI=1S/C9H7ClN4O2/c10-5-3-1-2-4-6(5)16-9(15)7-8(11)13-14-12-7/h1-4H,(H3,11,12,13,14). The topological polar surface area (TPSA) is 93.9 Å². The molecule has 1 aromatic carbocycles. The molecule has 7 heteroatoms. The summed E-state index contributed by atoms with van der Waals surface area (Å²) in [6.07, 6.45) is 0. The number of carbonyl (C=O) groups excluding carboxylic acids is 1. The van der Waals surface area contributed by atoms with Crippen molar-refractivity contribution in [2.24, 2.45) is 0 Å². The Morgan fingerprint density at radius 2 is 2.12 bits per heavy atom. The van der Waals surface area contributed by atoms with Gasteiger partial charge in [0.15, 0.2) is 5.82 Å². The van der Waals surface area contributed by atoms with Crippen LogP contribution in [0.25, 0.3) is 0 Å². The molecule has 2 rings (SSSR count). The van der Waals surface area contributed by atoms with Crippen LogP contribution in [0, 0.1) is 0 Å². The third kappa shape index (κ3) is 1.96. The van der Waals surface area contributed by atoms with Crippen molar-refractivity contribution in [1.82, 2.24) is 15.4 Å². The molecule has 0 aliphatic heterocycles. The number of nitrogens with one attached hydrogen (secondary N) is 1. The van der Waals surface area contributed by atoms with Crippen LogP contribution in [0.2, 0.25) is 5.02 Å². The van der Waals surface area contributed by atoms with E-state index >= 15 is 0 Å². The lowest BCUT2D eigenvalue weighted by Gasteiger charge is -2.03. The van der Waals surface area contributed by atoms with Crippen molar-refractivity contribution >= 4 is 23.4 Å². The van der Waals surface area contributed by atoms with Crippen LogP contribution in [0.4, 0.5) is 5.82 Å². The van der Waals surface area contributed by atoms with Crippen LogP contribution in [0.15, 0.2) is 24.3 Å². The van der Waals surface area contributed by atoms with E-state index in [0.29, 0.717) is 5.02 Å². The Morgan fingerprint density at radius 3 is 2.75 bits per heavy atom. The Balaban J connectivity index is 2.21. The summed E-state index contributed by atoms with van der Waals surface area (Å²) in [4.78, 5) is 11.6. The Morgan fingerprint density at radius 1 is 1.38 bits per heavy atom. The number of aromatic amines is 1. The maximum Gasteiger partial charge on any atom is 0.368 e. The summed E-state index contributed by atoms with van der Waals surface area (Å²) in [7, 11) is 0. The summed E-state index contributed by atoms with van der Waals surface area (Å²) < 4.78 is 5.00. The van der Waals surface area contributed by atoms with Crippen molar-refractivity contribution in [2.45, 2.75) is 0 Å². The molecular formula is C9H7ClN4O2. The van der Waals surface area contributed by atoms with Crippen molar-refractivity contribution < 1.29 is 9.53 Å². The van der Waals surface area contributed by atoms with Gasteiger partial charge in [0.2, 0.25) is 5.69 Å². The predicted octanol–water partition coefficient (Wildman–Crippen LogP) is 1.26. The minimum absolute atomic E-state index is 0.0166. The van der Waals surface area contributed by atoms with Crippen LogP contribution in [0.1, 0.15) is 10.5 Å². The van der Waals surface area contributed by atoms with Gasteiger partial charge < -0.3 is 10.5 Å². The summed E-state index contributed by atoms with van der Waals surface area (Å²) in [6.45, 7) is 0. The van der Waals surface area contributed by atoms with Gasteiger partial charge in [-0.1, -0.05) is 23.7 Å². The van der Waals surface area contributed by atoms with Gasteiger partial charge in [0.25, 0.3) is 0 Å². The lowest BCUT2D eigenvalue weighted by molar-refractivity contribution is 0.0730. The van der Waals surface area contributed by atoms with Gasteiger partial charge in [0.05, 0.1) is 5.02 Å². The number of esters is 1. The first-order chi connectivity index (χ1) is 7.68. The Labute approximate surface area is 95.4 Å². The molecule has 6 nitrogen and oxygen atoms in total. The van der Waals surface area contributed by atoms with E-state index in [1.807, 2.05) is 0 Å². The molecule has 0 saturated heterocycles. The summed E-state index contributed by atoms with van der Waals surface area (Å²) in [5.74, 6) is -0.479. The molecule has 0 radical (unpaired) electrons. The van der Waals surface area contributed by atoms with E-state index in [4.69, 9.17) is 22.1 Å².